The van der Waals surface area contributed by atoms with E-state index < -0.39 is 0 Å². The highest BCUT2D eigenvalue weighted by Crippen LogP contribution is 2.14. The summed E-state index contributed by atoms with van der Waals surface area (Å²) >= 11 is 0. The fourth-order valence-electron chi connectivity index (χ4n) is 1.50. The van der Waals surface area contributed by atoms with Gasteiger partial charge < -0.3 is 4.90 Å². The Balaban J connectivity index is 3.28. The van der Waals surface area contributed by atoms with Crippen LogP contribution < -0.4 is 0 Å². The lowest BCUT2D eigenvalue weighted by atomic mass is 9.98. The van der Waals surface area contributed by atoms with Gasteiger partial charge in [0.25, 0.3) is 0 Å². The van der Waals surface area contributed by atoms with Gasteiger partial charge in [0.05, 0.1) is 0 Å². The van der Waals surface area contributed by atoms with Gasteiger partial charge in [0.15, 0.2) is 0 Å². The minimum atomic E-state index is 0.968. The predicted octanol–water partition coefficient (Wildman–Crippen LogP) is 3.15. The smallest absolute Gasteiger partial charge is 0.00218 e. The van der Waals surface area contributed by atoms with Crippen LogP contribution in [0.4, 0.5) is 0 Å². The summed E-state index contributed by atoms with van der Waals surface area (Å²) in [7, 11) is 2.20. The molecule has 1 nitrogen and oxygen atoms in total. The Morgan fingerprint density at radius 1 is 1.08 bits per heavy atom. The molecule has 0 aliphatic carbocycles. The maximum Gasteiger partial charge on any atom is -0.00218 e. The molecule has 0 aromatic carbocycles. The van der Waals surface area contributed by atoms with E-state index in [2.05, 4.69) is 32.7 Å². The summed E-state index contributed by atoms with van der Waals surface area (Å²) in [6, 6.07) is 0. The average molecular weight is 171 g/mol. The minimum absolute atomic E-state index is 0.968. The fraction of sp³-hybridized carbons (Fsp3) is 1.00. The topological polar surface area (TPSA) is 3.24 Å². The fourth-order valence-corrected chi connectivity index (χ4v) is 1.50. The third-order valence-electron chi connectivity index (χ3n) is 2.85. The van der Waals surface area contributed by atoms with E-state index in [9.17, 15) is 0 Å². The maximum atomic E-state index is 2.39. The van der Waals surface area contributed by atoms with Gasteiger partial charge in [0.2, 0.25) is 0 Å². The highest BCUT2D eigenvalue weighted by Gasteiger charge is 2.03. The van der Waals surface area contributed by atoms with Crippen molar-refractivity contribution in [3.8, 4) is 0 Å². The quantitative estimate of drug-likeness (QED) is 0.569. The predicted molar refractivity (Wildman–Crippen MR) is 56.5 cm³/mol. The molecule has 0 atom stereocenters. The van der Waals surface area contributed by atoms with Crippen LogP contribution in [0.5, 0.6) is 0 Å². The molecule has 0 aromatic heterocycles. The molecule has 12 heavy (non-hydrogen) atoms. The Morgan fingerprint density at radius 2 is 1.67 bits per heavy atom. The molecule has 0 aliphatic heterocycles. The van der Waals surface area contributed by atoms with Gasteiger partial charge in [-0.25, -0.2) is 0 Å². The van der Waals surface area contributed by atoms with Gasteiger partial charge in [-0.1, -0.05) is 33.6 Å². The Labute approximate surface area is 78.1 Å². The number of rotatable bonds is 7. The third-order valence-corrected chi connectivity index (χ3v) is 2.85. The van der Waals surface area contributed by atoms with Crippen LogP contribution >= 0.6 is 0 Å². The van der Waals surface area contributed by atoms with Gasteiger partial charge in [-0.05, 0) is 38.9 Å². The van der Waals surface area contributed by atoms with E-state index in [0.717, 1.165) is 5.92 Å². The third kappa shape index (κ3) is 5.59. The molecule has 0 saturated heterocycles. The van der Waals surface area contributed by atoms with Crippen molar-refractivity contribution in [2.75, 3.05) is 20.1 Å². The number of hydrogen-bond acceptors (Lipinski definition) is 1. The lowest BCUT2D eigenvalue weighted by Gasteiger charge is -2.16. The van der Waals surface area contributed by atoms with Crippen LogP contribution in [0.3, 0.4) is 0 Å². The van der Waals surface area contributed by atoms with Crippen molar-refractivity contribution in [3.05, 3.63) is 0 Å². The molecular formula is C11H25N. The van der Waals surface area contributed by atoms with Crippen molar-refractivity contribution in [2.24, 2.45) is 5.92 Å². The van der Waals surface area contributed by atoms with Crippen LogP contribution in [-0.4, -0.2) is 25.0 Å². The highest BCUT2D eigenvalue weighted by molar-refractivity contribution is 4.56. The van der Waals surface area contributed by atoms with Crippen LogP contribution in [0.15, 0.2) is 0 Å². The molecule has 1 heteroatoms. The van der Waals surface area contributed by atoms with E-state index in [-0.39, 0.29) is 0 Å². The van der Waals surface area contributed by atoms with Crippen LogP contribution in [0.2, 0.25) is 0 Å². The van der Waals surface area contributed by atoms with E-state index in [1.807, 2.05) is 0 Å². The first-order valence-corrected chi connectivity index (χ1v) is 5.43. The van der Waals surface area contributed by atoms with Gasteiger partial charge in [-0.2, -0.15) is 0 Å². The standard InChI is InChI=1S/C11H25N/c1-5-11(6-2)9-8-10-12(4)7-3/h11H,5-10H2,1-4H3. The summed E-state index contributed by atoms with van der Waals surface area (Å²) in [4.78, 5) is 2.39. The Hall–Kier alpha value is -0.0400. The summed E-state index contributed by atoms with van der Waals surface area (Å²) in [6.07, 6.45) is 5.49. The average Bonchev–Trinajstić information content (AvgIpc) is 2.12. The first-order valence-electron chi connectivity index (χ1n) is 5.43. The van der Waals surface area contributed by atoms with E-state index in [1.54, 1.807) is 0 Å². The zero-order valence-corrected chi connectivity index (χ0v) is 9.27. The minimum Gasteiger partial charge on any atom is -0.307 e. The molecule has 74 valence electrons. The molecule has 0 N–H and O–H groups in total. The second kappa shape index (κ2) is 7.60. The van der Waals surface area contributed by atoms with Crippen molar-refractivity contribution in [1.29, 1.82) is 0 Å². The lowest BCUT2D eigenvalue weighted by molar-refractivity contribution is 0.321. The SMILES string of the molecule is CCC(CC)CCCN(C)CC. The Kier molecular flexibility index (Phi) is 7.58. The highest BCUT2D eigenvalue weighted by atomic mass is 15.1. The molecular weight excluding hydrogens is 146 g/mol. The molecule has 0 aromatic rings. The molecule has 0 rings (SSSR count). The van der Waals surface area contributed by atoms with Crippen molar-refractivity contribution < 1.29 is 0 Å². The molecule has 0 unspecified atom stereocenters. The van der Waals surface area contributed by atoms with Gasteiger partial charge >= 0.3 is 0 Å². The molecule has 0 heterocycles. The second-order valence-electron chi connectivity index (χ2n) is 3.72. The maximum absolute atomic E-state index is 2.39. The molecule has 0 amide bonds. The monoisotopic (exact) mass is 171 g/mol. The van der Waals surface area contributed by atoms with Crippen molar-refractivity contribution in [1.82, 2.24) is 4.90 Å². The van der Waals surface area contributed by atoms with E-state index in [0.29, 0.717) is 0 Å². The Bertz CT molecular complexity index is 87.0. The van der Waals surface area contributed by atoms with E-state index in [1.165, 1.54) is 38.8 Å². The first kappa shape index (κ1) is 12.0. The number of nitrogens with zero attached hydrogens (tertiary/aromatic N) is 1. The zero-order chi connectivity index (χ0) is 9.40. The molecule has 0 aliphatic rings. The van der Waals surface area contributed by atoms with E-state index >= 15 is 0 Å². The first-order chi connectivity index (χ1) is 5.74. The molecule has 0 spiro atoms. The van der Waals surface area contributed by atoms with Crippen LogP contribution in [0, 0.1) is 5.92 Å². The van der Waals surface area contributed by atoms with Crippen LogP contribution in [-0.2, 0) is 0 Å². The lowest BCUT2D eigenvalue weighted by Crippen LogP contribution is -2.19. The van der Waals surface area contributed by atoms with Crippen molar-refractivity contribution in [3.63, 3.8) is 0 Å². The normalized spacial score (nSPS) is 11.5. The van der Waals surface area contributed by atoms with Crippen molar-refractivity contribution >= 4 is 0 Å². The van der Waals surface area contributed by atoms with Crippen LogP contribution in [0.25, 0.3) is 0 Å². The molecule has 0 bridgehead atoms. The summed E-state index contributed by atoms with van der Waals surface area (Å²) in [5.41, 5.74) is 0. The largest absolute Gasteiger partial charge is 0.307 e. The molecule has 0 radical (unpaired) electrons. The van der Waals surface area contributed by atoms with E-state index in [4.69, 9.17) is 0 Å². The van der Waals surface area contributed by atoms with Gasteiger partial charge in [-0.15, -0.1) is 0 Å². The zero-order valence-electron chi connectivity index (χ0n) is 9.27. The van der Waals surface area contributed by atoms with Crippen LogP contribution in [0.1, 0.15) is 46.5 Å². The molecule has 0 saturated carbocycles. The molecule has 0 fully saturated rings. The van der Waals surface area contributed by atoms with Gasteiger partial charge in [0, 0.05) is 0 Å². The summed E-state index contributed by atoms with van der Waals surface area (Å²) in [6.45, 7) is 9.28. The number of hydrogen-bond donors (Lipinski definition) is 0. The summed E-state index contributed by atoms with van der Waals surface area (Å²) in [5, 5.41) is 0. The summed E-state index contributed by atoms with van der Waals surface area (Å²) in [5.74, 6) is 0.968. The van der Waals surface area contributed by atoms with Gasteiger partial charge in [0.1, 0.15) is 0 Å². The van der Waals surface area contributed by atoms with Crippen molar-refractivity contribution in [2.45, 2.75) is 46.5 Å². The van der Waals surface area contributed by atoms with Gasteiger partial charge in [-0.3, -0.25) is 0 Å². The second-order valence-corrected chi connectivity index (χ2v) is 3.72. The summed E-state index contributed by atoms with van der Waals surface area (Å²) < 4.78 is 0. The Morgan fingerprint density at radius 3 is 2.08 bits per heavy atom.